The first-order chi connectivity index (χ1) is 14.1. The topological polar surface area (TPSA) is 64.0 Å². The number of benzene rings is 2. The lowest BCUT2D eigenvalue weighted by atomic mass is 10.1. The number of nitrogens with zero attached hydrogens (tertiary/aromatic N) is 2. The van der Waals surface area contributed by atoms with Gasteiger partial charge in [0.2, 0.25) is 5.91 Å². The molecule has 0 aliphatic carbocycles. The normalized spacial score (nSPS) is 10.9. The van der Waals surface area contributed by atoms with Crippen molar-refractivity contribution in [2.45, 2.75) is 13.0 Å². The maximum Gasteiger partial charge on any atom is 0.263 e. The molecule has 1 amide bonds. The third-order valence-corrected chi connectivity index (χ3v) is 5.75. The zero-order chi connectivity index (χ0) is 20.2. The Hall–Kier alpha value is -2.96. The average Bonchev–Trinajstić information content (AvgIpc) is 3.16. The lowest BCUT2D eigenvalue weighted by Crippen LogP contribution is -2.33. The van der Waals surface area contributed by atoms with E-state index < -0.39 is 0 Å². The van der Waals surface area contributed by atoms with Crippen molar-refractivity contribution in [1.82, 2.24) is 14.9 Å². The molecule has 5 nitrogen and oxygen atoms in total. The number of thiophene rings is 1. The molecular weight excluding hydrogens is 406 g/mol. The van der Waals surface area contributed by atoms with Crippen LogP contribution in [0.5, 0.6) is 0 Å². The lowest BCUT2D eigenvalue weighted by molar-refractivity contribution is -0.121. The quantitative estimate of drug-likeness (QED) is 0.507. The molecule has 146 valence electrons. The van der Waals surface area contributed by atoms with Gasteiger partial charge >= 0.3 is 0 Å². The van der Waals surface area contributed by atoms with Crippen LogP contribution in [0.4, 0.5) is 0 Å². The molecule has 0 aliphatic rings. The Morgan fingerprint density at radius 3 is 2.62 bits per heavy atom. The number of amides is 1. The van der Waals surface area contributed by atoms with E-state index in [0.29, 0.717) is 21.8 Å². The first kappa shape index (κ1) is 19.4. The molecule has 0 aliphatic heterocycles. The molecule has 4 aromatic rings. The van der Waals surface area contributed by atoms with Crippen LogP contribution in [0.2, 0.25) is 5.02 Å². The van der Waals surface area contributed by atoms with E-state index in [2.05, 4.69) is 10.3 Å². The summed E-state index contributed by atoms with van der Waals surface area (Å²) in [5.41, 5.74) is 2.63. The summed E-state index contributed by atoms with van der Waals surface area (Å²) in [5, 5.41) is 5.93. The van der Waals surface area contributed by atoms with Crippen LogP contribution in [0.3, 0.4) is 0 Å². The van der Waals surface area contributed by atoms with Crippen molar-refractivity contribution in [3.05, 3.63) is 87.2 Å². The highest BCUT2D eigenvalue weighted by Gasteiger charge is 2.14. The van der Waals surface area contributed by atoms with E-state index in [-0.39, 0.29) is 18.0 Å². The van der Waals surface area contributed by atoms with Crippen molar-refractivity contribution in [1.29, 1.82) is 0 Å². The Bertz CT molecular complexity index is 1200. The second kappa shape index (κ2) is 8.59. The second-order valence-electron chi connectivity index (χ2n) is 6.60. The van der Waals surface area contributed by atoms with Crippen molar-refractivity contribution in [3.63, 3.8) is 0 Å². The summed E-state index contributed by atoms with van der Waals surface area (Å²) in [6.07, 6.45) is 2.17. The molecule has 0 fully saturated rings. The van der Waals surface area contributed by atoms with Gasteiger partial charge in [-0.15, -0.1) is 11.3 Å². The molecule has 1 N–H and O–H groups in total. The van der Waals surface area contributed by atoms with Gasteiger partial charge in [0, 0.05) is 22.5 Å². The highest BCUT2D eigenvalue weighted by Crippen LogP contribution is 2.31. The van der Waals surface area contributed by atoms with Gasteiger partial charge in [0.1, 0.15) is 11.4 Å². The standard InChI is InChI=1S/C22H18ClN3O2S/c23-17-8-6-16(7-9-17)18-13-29-21-20(18)22(28)26(14-25-21)12-19(27)24-11-10-15-4-2-1-3-5-15/h1-9,13-14H,10-12H2,(H,24,27). The molecule has 0 radical (unpaired) electrons. The molecular formula is C22H18ClN3O2S. The highest BCUT2D eigenvalue weighted by atomic mass is 35.5. The van der Waals surface area contributed by atoms with Gasteiger partial charge in [-0.25, -0.2) is 4.98 Å². The third kappa shape index (κ3) is 4.39. The molecule has 2 heterocycles. The number of rotatable bonds is 6. The van der Waals surface area contributed by atoms with E-state index in [0.717, 1.165) is 23.1 Å². The summed E-state index contributed by atoms with van der Waals surface area (Å²) < 4.78 is 1.35. The summed E-state index contributed by atoms with van der Waals surface area (Å²) in [6.45, 7) is 0.453. The molecule has 0 saturated carbocycles. The molecule has 29 heavy (non-hydrogen) atoms. The number of nitrogens with one attached hydrogen (secondary N) is 1. The van der Waals surface area contributed by atoms with Crippen LogP contribution in [0, 0.1) is 0 Å². The van der Waals surface area contributed by atoms with Crippen LogP contribution >= 0.6 is 22.9 Å². The van der Waals surface area contributed by atoms with Crippen LogP contribution in [0.25, 0.3) is 21.3 Å². The Morgan fingerprint density at radius 2 is 1.86 bits per heavy atom. The van der Waals surface area contributed by atoms with Gasteiger partial charge in [-0.05, 0) is 29.7 Å². The molecule has 0 atom stereocenters. The monoisotopic (exact) mass is 423 g/mol. The smallest absolute Gasteiger partial charge is 0.263 e. The molecule has 0 spiro atoms. The van der Waals surface area contributed by atoms with Gasteiger partial charge in [-0.2, -0.15) is 0 Å². The minimum atomic E-state index is -0.223. The fraction of sp³-hybridized carbons (Fsp3) is 0.136. The minimum absolute atomic E-state index is 0.0630. The number of halogens is 1. The molecule has 2 aromatic heterocycles. The lowest BCUT2D eigenvalue weighted by Gasteiger charge is -2.08. The molecule has 0 unspecified atom stereocenters. The fourth-order valence-corrected chi connectivity index (χ4v) is 4.16. The predicted octanol–water partition coefficient (Wildman–Crippen LogP) is 4.14. The predicted molar refractivity (Wildman–Crippen MR) is 117 cm³/mol. The van der Waals surface area contributed by atoms with E-state index in [1.807, 2.05) is 47.8 Å². The number of hydrogen-bond acceptors (Lipinski definition) is 4. The summed E-state index contributed by atoms with van der Waals surface area (Å²) in [7, 11) is 0. The van der Waals surface area contributed by atoms with Crippen molar-refractivity contribution < 1.29 is 4.79 Å². The summed E-state index contributed by atoms with van der Waals surface area (Å²) in [6, 6.07) is 17.2. The van der Waals surface area contributed by atoms with Crippen LogP contribution in [-0.4, -0.2) is 22.0 Å². The van der Waals surface area contributed by atoms with E-state index in [1.54, 1.807) is 12.1 Å². The Labute approximate surface area is 176 Å². The van der Waals surface area contributed by atoms with E-state index >= 15 is 0 Å². The van der Waals surface area contributed by atoms with Gasteiger partial charge < -0.3 is 5.32 Å². The van der Waals surface area contributed by atoms with Crippen LogP contribution in [-0.2, 0) is 17.8 Å². The molecule has 7 heteroatoms. The molecule has 0 bridgehead atoms. The van der Waals surface area contributed by atoms with Crippen LogP contribution in [0.1, 0.15) is 5.56 Å². The van der Waals surface area contributed by atoms with Gasteiger partial charge in [0.15, 0.2) is 0 Å². The van der Waals surface area contributed by atoms with Gasteiger partial charge in [0.05, 0.1) is 11.7 Å². The Kier molecular flexibility index (Phi) is 5.74. The van der Waals surface area contributed by atoms with Crippen molar-refractivity contribution in [3.8, 4) is 11.1 Å². The first-order valence-electron chi connectivity index (χ1n) is 9.15. The molecule has 2 aromatic carbocycles. The third-order valence-electron chi connectivity index (χ3n) is 4.61. The largest absolute Gasteiger partial charge is 0.354 e. The Balaban J connectivity index is 1.51. The Morgan fingerprint density at radius 1 is 1.10 bits per heavy atom. The zero-order valence-electron chi connectivity index (χ0n) is 15.5. The van der Waals surface area contributed by atoms with E-state index in [4.69, 9.17) is 11.6 Å². The maximum absolute atomic E-state index is 13.0. The molecule has 4 rings (SSSR count). The summed E-state index contributed by atoms with van der Waals surface area (Å²) in [4.78, 5) is 30.3. The van der Waals surface area contributed by atoms with Crippen LogP contribution < -0.4 is 10.9 Å². The minimum Gasteiger partial charge on any atom is -0.354 e. The van der Waals surface area contributed by atoms with Gasteiger partial charge in [0.25, 0.3) is 5.56 Å². The number of carbonyl (C=O) groups is 1. The average molecular weight is 424 g/mol. The highest BCUT2D eigenvalue weighted by molar-refractivity contribution is 7.17. The van der Waals surface area contributed by atoms with E-state index in [9.17, 15) is 9.59 Å². The van der Waals surface area contributed by atoms with Crippen molar-refractivity contribution >= 4 is 39.1 Å². The van der Waals surface area contributed by atoms with Crippen molar-refractivity contribution in [2.24, 2.45) is 0 Å². The zero-order valence-corrected chi connectivity index (χ0v) is 17.0. The molecule has 0 saturated heterocycles. The maximum atomic E-state index is 13.0. The van der Waals surface area contributed by atoms with Gasteiger partial charge in [-0.3, -0.25) is 14.2 Å². The van der Waals surface area contributed by atoms with Crippen LogP contribution in [0.15, 0.2) is 71.1 Å². The van der Waals surface area contributed by atoms with Gasteiger partial charge in [-0.1, -0.05) is 54.1 Å². The number of fused-ring (bicyclic) bond motifs is 1. The SMILES string of the molecule is O=C(Cn1cnc2scc(-c3ccc(Cl)cc3)c2c1=O)NCCc1ccccc1. The van der Waals surface area contributed by atoms with E-state index in [1.165, 1.54) is 22.2 Å². The summed E-state index contributed by atoms with van der Waals surface area (Å²) >= 11 is 7.37. The van der Waals surface area contributed by atoms with Crippen molar-refractivity contribution in [2.75, 3.05) is 6.54 Å². The number of hydrogen-bond donors (Lipinski definition) is 1. The number of carbonyl (C=O) groups excluding carboxylic acids is 1. The summed E-state index contributed by atoms with van der Waals surface area (Å²) in [5.74, 6) is -0.215. The number of aromatic nitrogens is 2. The fourth-order valence-electron chi connectivity index (χ4n) is 3.12. The second-order valence-corrected chi connectivity index (χ2v) is 7.89. The first-order valence-corrected chi connectivity index (χ1v) is 10.4.